The van der Waals surface area contributed by atoms with E-state index in [9.17, 15) is 5.11 Å². The summed E-state index contributed by atoms with van der Waals surface area (Å²) in [4.78, 5) is 4.31. The lowest BCUT2D eigenvalue weighted by atomic mass is 9.96. The molecule has 0 aliphatic rings. The van der Waals surface area contributed by atoms with Crippen LogP contribution in [0.1, 0.15) is 26.7 Å². The first-order chi connectivity index (χ1) is 9.67. The van der Waals surface area contributed by atoms with Crippen molar-refractivity contribution < 1.29 is 5.11 Å². The topological polar surface area (TPSA) is 71.2 Å². The summed E-state index contributed by atoms with van der Waals surface area (Å²) < 4.78 is 0. The number of anilines is 2. The summed E-state index contributed by atoms with van der Waals surface area (Å²) in [7, 11) is 0. The fourth-order valence-electron chi connectivity index (χ4n) is 2.57. The van der Waals surface area contributed by atoms with Crippen molar-refractivity contribution in [3.63, 3.8) is 0 Å². The van der Waals surface area contributed by atoms with Gasteiger partial charge in [0.1, 0.15) is 0 Å². The minimum atomic E-state index is -0.339. The van der Waals surface area contributed by atoms with Crippen molar-refractivity contribution in [1.29, 1.82) is 0 Å². The van der Waals surface area contributed by atoms with Crippen LogP contribution >= 0.6 is 0 Å². The molecule has 0 bridgehead atoms. The first-order valence-electron chi connectivity index (χ1n) is 7.22. The predicted octanol–water partition coefficient (Wildman–Crippen LogP) is 3.03. The van der Waals surface area contributed by atoms with E-state index in [0.717, 1.165) is 29.4 Å². The molecule has 0 radical (unpaired) electrons. The first-order valence-corrected chi connectivity index (χ1v) is 7.22. The Balaban J connectivity index is 2.16. The van der Waals surface area contributed by atoms with E-state index in [0.29, 0.717) is 18.2 Å². The van der Waals surface area contributed by atoms with E-state index >= 15 is 0 Å². The average molecular weight is 273 g/mol. The van der Waals surface area contributed by atoms with E-state index < -0.39 is 0 Å². The highest BCUT2D eigenvalue weighted by molar-refractivity contribution is 5.97. The molecule has 2 rings (SSSR count). The average Bonchev–Trinajstić information content (AvgIpc) is 2.47. The van der Waals surface area contributed by atoms with Crippen molar-refractivity contribution in [2.75, 3.05) is 17.6 Å². The maximum atomic E-state index is 10.2. The molecular weight excluding hydrogens is 250 g/mol. The maximum Gasteiger partial charge on any atom is 0.0951 e. The van der Waals surface area contributed by atoms with Crippen molar-refractivity contribution in [2.45, 2.75) is 32.8 Å². The molecule has 1 unspecified atom stereocenters. The van der Waals surface area contributed by atoms with Gasteiger partial charge in [0.2, 0.25) is 0 Å². The molecule has 0 amide bonds. The molecule has 2 aromatic rings. The van der Waals surface area contributed by atoms with E-state index in [4.69, 9.17) is 5.73 Å². The molecule has 4 N–H and O–H groups in total. The summed E-state index contributed by atoms with van der Waals surface area (Å²) in [6, 6.07) is 7.67. The van der Waals surface area contributed by atoms with E-state index in [-0.39, 0.29) is 6.10 Å². The third kappa shape index (κ3) is 3.02. The van der Waals surface area contributed by atoms with Gasteiger partial charge in [-0.05, 0) is 18.1 Å². The molecule has 0 aliphatic carbocycles. The number of nitrogens with one attached hydrogen (secondary N) is 1. The fraction of sp³-hybridized carbons (Fsp3) is 0.438. The molecule has 4 nitrogen and oxygen atoms in total. The van der Waals surface area contributed by atoms with Crippen LogP contribution in [0.5, 0.6) is 0 Å². The number of hydrogen-bond acceptors (Lipinski definition) is 4. The van der Waals surface area contributed by atoms with Crippen LogP contribution in [-0.4, -0.2) is 22.7 Å². The minimum absolute atomic E-state index is 0.334. The van der Waals surface area contributed by atoms with Gasteiger partial charge in [-0.15, -0.1) is 0 Å². The number of nitrogens with two attached hydrogens (primary N) is 1. The van der Waals surface area contributed by atoms with Crippen LogP contribution < -0.4 is 11.1 Å². The van der Waals surface area contributed by atoms with Gasteiger partial charge in [-0.1, -0.05) is 38.8 Å². The standard InChI is InChI=1S/C16H23N3O/c1-3-11(4-2)15(20)10-19-14-8-9-18-16-12(14)6-5-7-13(16)17/h5-9,11,15,20H,3-4,10,17H2,1-2H3,(H,18,19). The Hall–Kier alpha value is -1.81. The first kappa shape index (κ1) is 14.6. The SMILES string of the molecule is CCC(CC)C(O)CNc1ccnc2c(N)cccc12. The zero-order valence-electron chi connectivity index (χ0n) is 12.1. The maximum absolute atomic E-state index is 10.2. The van der Waals surface area contributed by atoms with Gasteiger partial charge >= 0.3 is 0 Å². The second-order valence-electron chi connectivity index (χ2n) is 5.13. The largest absolute Gasteiger partial charge is 0.397 e. The Morgan fingerprint density at radius 1 is 1.25 bits per heavy atom. The Morgan fingerprint density at radius 2 is 2.00 bits per heavy atom. The quantitative estimate of drug-likeness (QED) is 0.707. The van der Waals surface area contributed by atoms with Crippen LogP contribution in [0, 0.1) is 5.92 Å². The molecule has 0 spiro atoms. The predicted molar refractivity (Wildman–Crippen MR) is 84.7 cm³/mol. The Kier molecular flexibility index (Phi) is 4.79. The Labute approximate surface area is 120 Å². The number of rotatable bonds is 6. The fourth-order valence-corrected chi connectivity index (χ4v) is 2.57. The van der Waals surface area contributed by atoms with Gasteiger partial charge in [0.15, 0.2) is 0 Å². The lowest BCUT2D eigenvalue weighted by molar-refractivity contribution is 0.114. The van der Waals surface area contributed by atoms with Crippen LogP contribution in [0.2, 0.25) is 0 Å². The highest BCUT2D eigenvalue weighted by Crippen LogP contribution is 2.25. The molecule has 4 heteroatoms. The zero-order valence-corrected chi connectivity index (χ0v) is 12.1. The zero-order chi connectivity index (χ0) is 14.5. The van der Waals surface area contributed by atoms with E-state index in [1.807, 2.05) is 24.3 Å². The molecule has 0 fully saturated rings. The van der Waals surface area contributed by atoms with Crippen LogP contribution in [0.3, 0.4) is 0 Å². The molecular formula is C16H23N3O. The summed E-state index contributed by atoms with van der Waals surface area (Å²) in [6.07, 6.45) is 3.38. The third-order valence-electron chi connectivity index (χ3n) is 3.90. The van der Waals surface area contributed by atoms with E-state index in [1.165, 1.54) is 0 Å². The molecule has 1 atom stereocenters. The van der Waals surface area contributed by atoms with Gasteiger partial charge in [-0.25, -0.2) is 0 Å². The molecule has 1 aromatic carbocycles. The molecule has 0 aliphatic heterocycles. The number of aliphatic hydroxyl groups excluding tert-OH is 1. The molecule has 0 saturated carbocycles. The van der Waals surface area contributed by atoms with Gasteiger partial charge in [0.05, 0.1) is 17.3 Å². The number of nitrogen functional groups attached to an aromatic ring is 1. The van der Waals surface area contributed by atoms with E-state index in [2.05, 4.69) is 24.1 Å². The summed E-state index contributed by atoms with van der Waals surface area (Å²) >= 11 is 0. The molecule has 1 heterocycles. The molecule has 108 valence electrons. The minimum Gasteiger partial charge on any atom is -0.397 e. The summed E-state index contributed by atoms with van der Waals surface area (Å²) in [6.45, 7) is 4.76. The number of aromatic nitrogens is 1. The molecule has 20 heavy (non-hydrogen) atoms. The van der Waals surface area contributed by atoms with Crippen molar-refractivity contribution in [3.8, 4) is 0 Å². The summed E-state index contributed by atoms with van der Waals surface area (Å²) in [5.74, 6) is 0.334. The van der Waals surface area contributed by atoms with Gasteiger partial charge in [-0.2, -0.15) is 0 Å². The number of benzene rings is 1. The van der Waals surface area contributed by atoms with Gasteiger partial charge in [0, 0.05) is 23.8 Å². The number of aliphatic hydroxyl groups is 1. The second kappa shape index (κ2) is 6.57. The number of para-hydroxylation sites is 1. The second-order valence-corrected chi connectivity index (χ2v) is 5.13. The molecule has 0 saturated heterocycles. The Morgan fingerprint density at radius 3 is 2.70 bits per heavy atom. The van der Waals surface area contributed by atoms with Crippen LogP contribution in [0.15, 0.2) is 30.5 Å². The number of nitrogens with zero attached hydrogens (tertiary/aromatic N) is 1. The van der Waals surface area contributed by atoms with Gasteiger partial charge in [0.25, 0.3) is 0 Å². The summed E-state index contributed by atoms with van der Waals surface area (Å²) in [5, 5.41) is 14.5. The van der Waals surface area contributed by atoms with Crippen LogP contribution in [-0.2, 0) is 0 Å². The Bertz CT molecular complexity index is 567. The lowest BCUT2D eigenvalue weighted by Gasteiger charge is -2.21. The van der Waals surface area contributed by atoms with Crippen molar-refractivity contribution in [2.24, 2.45) is 5.92 Å². The number of fused-ring (bicyclic) bond motifs is 1. The van der Waals surface area contributed by atoms with Crippen molar-refractivity contribution in [3.05, 3.63) is 30.5 Å². The normalized spacial score (nSPS) is 12.8. The van der Waals surface area contributed by atoms with Gasteiger partial charge in [-0.3, -0.25) is 4.98 Å². The smallest absolute Gasteiger partial charge is 0.0951 e. The van der Waals surface area contributed by atoms with Crippen molar-refractivity contribution in [1.82, 2.24) is 4.98 Å². The monoisotopic (exact) mass is 273 g/mol. The highest BCUT2D eigenvalue weighted by atomic mass is 16.3. The lowest BCUT2D eigenvalue weighted by Crippen LogP contribution is -2.27. The van der Waals surface area contributed by atoms with Gasteiger partial charge < -0.3 is 16.2 Å². The highest BCUT2D eigenvalue weighted by Gasteiger charge is 2.15. The molecule has 1 aromatic heterocycles. The third-order valence-corrected chi connectivity index (χ3v) is 3.90. The van der Waals surface area contributed by atoms with E-state index in [1.54, 1.807) is 6.20 Å². The van der Waals surface area contributed by atoms with Crippen LogP contribution in [0.4, 0.5) is 11.4 Å². The van der Waals surface area contributed by atoms with Crippen molar-refractivity contribution >= 4 is 22.3 Å². The number of pyridine rings is 1. The van der Waals surface area contributed by atoms with Crippen LogP contribution in [0.25, 0.3) is 10.9 Å². The number of hydrogen-bond donors (Lipinski definition) is 3. The summed E-state index contributed by atoms with van der Waals surface area (Å²) in [5.41, 5.74) is 8.37.